The number of ether oxygens (including phenoxy) is 1. The van der Waals surface area contributed by atoms with Gasteiger partial charge in [-0.15, -0.1) is 0 Å². The van der Waals surface area contributed by atoms with Crippen LogP contribution in [0, 0.1) is 0 Å². The van der Waals surface area contributed by atoms with Crippen molar-refractivity contribution in [3.63, 3.8) is 0 Å². The second kappa shape index (κ2) is 5.11. The zero-order valence-electron chi connectivity index (χ0n) is 9.37. The quantitative estimate of drug-likeness (QED) is 0.826. The van der Waals surface area contributed by atoms with Crippen LogP contribution in [0.3, 0.4) is 0 Å². The molecule has 1 unspecified atom stereocenters. The Balaban J connectivity index is 2.29. The van der Waals surface area contributed by atoms with E-state index in [-0.39, 0.29) is 6.04 Å². The number of hydrogen-bond donors (Lipinski definition) is 0. The minimum absolute atomic E-state index is 0.257. The summed E-state index contributed by atoms with van der Waals surface area (Å²) in [5, 5.41) is 0.727. The molecule has 0 bridgehead atoms. The maximum atomic E-state index is 6.16. The molecule has 0 aromatic heterocycles. The van der Waals surface area contributed by atoms with Crippen LogP contribution < -0.4 is 0 Å². The van der Waals surface area contributed by atoms with E-state index in [2.05, 4.69) is 18.2 Å². The fourth-order valence-corrected chi connectivity index (χ4v) is 2.56. The highest BCUT2D eigenvalue weighted by atomic mass is 35.5. The molecule has 4 heteroatoms. The first-order valence-electron chi connectivity index (χ1n) is 5.19. The van der Waals surface area contributed by atoms with Crippen molar-refractivity contribution in [1.82, 2.24) is 0 Å². The van der Waals surface area contributed by atoms with Gasteiger partial charge >= 0.3 is 0 Å². The lowest BCUT2D eigenvalue weighted by molar-refractivity contribution is 0.310. The van der Waals surface area contributed by atoms with E-state index in [4.69, 9.17) is 16.3 Å². The predicted molar refractivity (Wildman–Crippen MR) is 70.6 cm³/mol. The molecular weight excluding hydrogens is 242 g/mol. The maximum absolute atomic E-state index is 6.16. The summed E-state index contributed by atoms with van der Waals surface area (Å²) >= 11 is 7.94. The Morgan fingerprint density at radius 1 is 1.56 bits per heavy atom. The van der Waals surface area contributed by atoms with Crippen LogP contribution in [0.15, 0.2) is 23.2 Å². The number of fused-ring (bicyclic) bond motifs is 1. The second-order valence-electron chi connectivity index (χ2n) is 3.80. The van der Waals surface area contributed by atoms with Crippen molar-refractivity contribution in [2.24, 2.45) is 4.99 Å². The number of benzene rings is 1. The summed E-state index contributed by atoms with van der Waals surface area (Å²) in [7, 11) is 0. The van der Waals surface area contributed by atoms with E-state index < -0.39 is 0 Å². The monoisotopic (exact) mass is 255 g/mol. The molecule has 1 aliphatic rings. The smallest absolute Gasteiger partial charge is 0.218 e. The Hall–Kier alpha value is -0.670. The molecule has 1 aromatic carbocycles. The van der Waals surface area contributed by atoms with Crippen molar-refractivity contribution in [2.45, 2.75) is 19.6 Å². The van der Waals surface area contributed by atoms with Crippen molar-refractivity contribution in [2.75, 3.05) is 12.0 Å². The van der Waals surface area contributed by atoms with Crippen LogP contribution in [0.1, 0.15) is 18.1 Å². The van der Waals surface area contributed by atoms with Crippen molar-refractivity contribution >= 4 is 29.3 Å². The van der Waals surface area contributed by atoms with Crippen molar-refractivity contribution in [3.05, 3.63) is 34.3 Å². The molecule has 2 nitrogen and oxygen atoms in total. The highest BCUT2D eigenvalue weighted by molar-refractivity contribution is 7.98. The fourth-order valence-electron chi connectivity index (χ4n) is 1.73. The lowest BCUT2D eigenvalue weighted by atomic mass is 10.1. The largest absolute Gasteiger partial charge is 0.473 e. The van der Waals surface area contributed by atoms with Gasteiger partial charge in [0.1, 0.15) is 6.61 Å². The average Bonchev–Trinajstić information content (AvgIpc) is 2.63. The lowest BCUT2D eigenvalue weighted by Gasteiger charge is -2.06. The second-order valence-corrected chi connectivity index (χ2v) is 5.12. The number of halogens is 1. The summed E-state index contributed by atoms with van der Waals surface area (Å²) in [4.78, 5) is 4.56. The van der Waals surface area contributed by atoms with E-state index in [0.717, 1.165) is 21.9 Å². The van der Waals surface area contributed by atoms with Gasteiger partial charge in [-0.2, -0.15) is 11.8 Å². The number of thioether (sulfide) groups is 1. The molecular formula is C12H14ClNOS. The highest BCUT2D eigenvalue weighted by Gasteiger charge is 2.22. The Morgan fingerprint density at radius 3 is 3.12 bits per heavy atom. The first-order chi connectivity index (χ1) is 7.72. The van der Waals surface area contributed by atoms with E-state index in [1.54, 1.807) is 11.8 Å². The van der Waals surface area contributed by atoms with Crippen LogP contribution in [-0.4, -0.2) is 23.9 Å². The average molecular weight is 256 g/mol. The van der Waals surface area contributed by atoms with Gasteiger partial charge in [0.15, 0.2) is 0 Å². The highest BCUT2D eigenvalue weighted by Crippen LogP contribution is 2.28. The molecule has 0 saturated carbocycles. The van der Waals surface area contributed by atoms with Crippen LogP contribution in [0.2, 0.25) is 5.02 Å². The van der Waals surface area contributed by atoms with Gasteiger partial charge in [0.2, 0.25) is 5.90 Å². The molecule has 0 fully saturated rings. The minimum atomic E-state index is 0.257. The summed E-state index contributed by atoms with van der Waals surface area (Å²) in [6, 6.07) is 6.11. The molecule has 1 aliphatic heterocycles. The summed E-state index contributed by atoms with van der Waals surface area (Å²) in [5.74, 6) is 1.69. The van der Waals surface area contributed by atoms with Gasteiger partial charge in [0, 0.05) is 11.3 Å². The normalized spacial score (nSPS) is 18.3. The Kier molecular flexibility index (Phi) is 3.77. The molecule has 0 radical (unpaired) electrons. The molecule has 16 heavy (non-hydrogen) atoms. The molecule has 0 spiro atoms. The Morgan fingerprint density at radius 2 is 2.38 bits per heavy atom. The van der Waals surface area contributed by atoms with E-state index >= 15 is 0 Å². The molecule has 1 aromatic rings. The van der Waals surface area contributed by atoms with Crippen molar-refractivity contribution in [3.8, 4) is 0 Å². The van der Waals surface area contributed by atoms with E-state index in [1.807, 2.05) is 18.2 Å². The summed E-state index contributed by atoms with van der Waals surface area (Å²) < 4.78 is 5.58. The number of aliphatic imine (C=N–C) groups is 1. The Labute approximate surface area is 105 Å². The SMILES string of the molecule is CSCC(C)N=C1OCc2cccc(Cl)c21. The zero-order valence-corrected chi connectivity index (χ0v) is 10.9. The predicted octanol–water partition coefficient (Wildman–Crippen LogP) is 3.37. The van der Waals surface area contributed by atoms with Gasteiger partial charge in [-0.05, 0) is 19.2 Å². The molecule has 2 rings (SSSR count). The summed E-state index contributed by atoms with van der Waals surface area (Å²) in [5.41, 5.74) is 2.10. The minimum Gasteiger partial charge on any atom is -0.473 e. The van der Waals surface area contributed by atoms with Crippen molar-refractivity contribution < 1.29 is 4.74 Å². The van der Waals surface area contributed by atoms with Gasteiger partial charge < -0.3 is 4.74 Å². The topological polar surface area (TPSA) is 21.6 Å². The third-order valence-electron chi connectivity index (χ3n) is 2.42. The molecule has 0 aliphatic carbocycles. The fraction of sp³-hybridized carbons (Fsp3) is 0.417. The van der Waals surface area contributed by atoms with E-state index in [9.17, 15) is 0 Å². The van der Waals surface area contributed by atoms with Gasteiger partial charge in [0.05, 0.1) is 16.6 Å². The Bertz CT molecular complexity index is 419. The van der Waals surface area contributed by atoms with Crippen LogP contribution in [0.4, 0.5) is 0 Å². The first kappa shape index (κ1) is 11.8. The lowest BCUT2D eigenvalue weighted by Crippen LogP contribution is -2.08. The van der Waals surface area contributed by atoms with E-state index in [1.165, 1.54) is 0 Å². The summed E-state index contributed by atoms with van der Waals surface area (Å²) in [6.07, 6.45) is 2.08. The molecule has 1 atom stereocenters. The van der Waals surface area contributed by atoms with Crippen LogP contribution in [0.25, 0.3) is 0 Å². The van der Waals surface area contributed by atoms with Crippen LogP contribution in [-0.2, 0) is 11.3 Å². The molecule has 0 saturated heterocycles. The molecule has 0 amide bonds. The zero-order chi connectivity index (χ0) is 11.5. The summed E-state index contributed by atoms with van der Waals surface area (Å²) in [6.45, 7) is 2.67. The number of hydrogen-bond acceptors (Lipinski definition) is 3. The maximum Gasteiger partial charge on any atom is 0.218 e. The van der Waals surface area contributed by atoms with Gasteiger partial charge in [0.25, 0.3) is 0 Å². The molecule has 1 heterocycles. The van der Waals surface area contributed by atoms with Crippen LogP contribution >= 0.6 is 23.4 Å². The standard InChI is InChI=1S/C12H14ClNOS/c1-8(7-16-2)14-12-11-9(6-15-12)4-3-5-10(11)13/h3-5,8H,6-7H2,1-2H3. The number of rotatable bonds is 3. The third kappa shape index (κ3) is 2.36. The van der Waals surface area contributed by atoms with Gasteiger partial charge in [-0.25, -0.2) is 4.99 Å². The molecule has 0 N–H and O–H groups in total. The third-order valence-corrected chi connectivity index (χ3v) is 3.55. The van der Waals surface area contributed by atoms with Gasteiger partial charge in [-0.1, -0.05) is 23.7 Å². The molecule has 86 valence electrons. The number of nitrogens with zero attached hydrogens (tertiary/aromatic N) is 1. The van der Waals surface area contributed by atoms with Crippen molar-refractivity contribution in [1.29, 1.82) is 0 Å². The van der Waals surface area contributed by atoms with Gasteiger partial charge in [-0.3, -0.25) is 0 Å². The van der Waals surface area contributed by atoms with Crippen LogP contribution in [0.5, 0.6) is 0 Å². The first-order valence-corrected chi connectivity index (χ1v) is 6.97. The van der Waals surface area contributed by atoms with E-state index in [0.29, 0.717) is 12.5 Å².